The lowest BCUT2D eigenvalue weighted by atomic mass is 10.2. The van der Waals surface area contributed by atoms with E-state index in [0.717, 1.165) is 32.8 Å². The second-order valence-corrected chi connectivity index (χ2v) is 8.49. The number of amides is 1. The number of nitrogens with one attached hydrogen (secondary N) is 1. The summed E-state index contributed by atoms with van der Waals surface area (Å²) in [5.74, 6) is 1.27. The van der Waals surface area contributed by atoms with Gasteiger partial charge in [-0.15, -0.1) is 21.5 Å². The van der Waals surface area contributed by atoms with Crippen molar-refractivity contribution in [2.75, 3.05) is 0 Å². The molecule has 0 spiro atoms. The fourth-order valence-electron chi connectivity index (χ4n) is 2.91. The Hall–Kier alpha value is -3.04. The minimum Gasteiger partial charge on any atom is -0.347 e. The highest BCUT2D eigenvalue weighted by atomic mass is 32.2. The molecule has 0 atom stereocenters. The highest BCUT2D eigenvalue weighted by Crippen LogP contribution is 2.27. The minimum atomic E-state index is -0.182. The number of para-hydroxylation sites is 1. The molecule has 30 heavy (non-hydrogen) atoms. The molecule has 0 radical (unpaired) electrons. The maximum absolute atomic E-state index is 12.4. The predicted molar refractivity (Wildman–Crippen MR) is 118 cm³/mol. The molecular weight excluding hydrogens is 416 g/mol. The van der Waals surface area contributed by atoms with E-state index in [1.807, 2.05) is 31.2 Å². The van der Waals surface area contributed by atoms with Crippen LogP contribution in [-0.4, -0.2) is 30.6 Å². The lowest BCUT2D eigenvalue weighted by molar-refractivity contribution is 0.0946. The molecule has 1 amide bonds. The number of aryl methyl sites for hydroxylation is 2. The van der Waals surface area contributed by atoms with Gasteiger partial charge in [0.25, 0.3) is 5.91 Å². The van der Waals surface area contributed by atoms with Gasteiger partial charge in [-0.3, -0.25) is 14.3 Å². The summed E-state index contributed by atoms with van der Waals surface area (Å²) in [5, 5.41) is 14.9. The molecule has 0 aliphatic rings. The molecule has 1 N–H and O–H groups in total. The van der Waals surface area contributed by atoms with Crippen LogP contribution in [0.15, 0.2) is 59.3 Å². The molecule has 152 valence electrons. The Bertz CT molecular complexity index is 1160. The standard InChI is InChI=1S/C21H20N6OS2/c1-14-5-3-4-6-18(14)27-15(2)25-26-21(27)30-13-19-24-17(12-29-19)20(28)23-11-16-7-9-22-10-8-16/h3-10,12H,11,13H2,1-2H3,(H,23,28). The van der Waals surface area contributed by atoms with Crippen LogP contribution in [0.3, 0.4) is 0 Å². The van der Waals surface area contributed by atoms with Gasteiger partial charge in [0.05, 0.1) is 11.4 Å². The Morgan fingerprint density at radius 3 is 2.73 bits per heavy atom. The van der Waals surface area contributed by atoms with Gasteiger partial charge in [-0.25, -0.2) is 4.98 Å². The number of pyridine rings is 1. The quantitative estimate of drug-likeness (QED) is 0.442. The summed E-state index contributed by atoms with van der Waals surface area (Å²) >= 11 is 3.03. The number of rotatable bonds is 7. The third-order valence-corrected chi connectivity index (χ3v) is 6.43. The van der Waals surface area contributed by atoms with Gasteiger partial charge in [-0.2, -0.15) is 0 Å². The van der Waals surface area contributed by atoms with Gasteiger partial charge < -0.3 is 5.32 Å². The van der Waals surface area contributed by atoms with Gasteiger partial charge in [0.2, 0.25) is 0 Å². The molecule has 3 aromatic heterocycles. The average molecular weight is 437 g/mol. The molecule has 3 heterocycles. The highest BCUT2D eigenvalue weighted by molar-refractivity contribution is 7.98. The van der Waals surface area contributed by atoms with E-state index in [1.165, 1.54) is 11.3 Å². The first-order valence-corrected chi connectivity index (χ1v) is 11.2. The molecule has 4 rings (SSSR count). The Morgan fingerprint density at radius 2 is 1.93 bits per heavy atom. The van der Waals surface area contributed by atoms with Crippen LogP contribution < -0.4 is 5.32 Å². The molecule has 0 saturated carbocycles. The van der Waals surface area contributed by atoms with Crippen molar-refractivity contribution in [2.45, 2.75) is 31.3 Å². The van der Waals surface area contributed by atoms with Crippen LogP contribution in [-0.2, 0) is 12.3 Å². The SMILES string of the molecule is Cc1ccccc1-n1c(C)nnc1SCc1nc(C(=O)NCc2ccncc2)cs1. The number of thioether (sulfide) groups is 1. The van der Waals surface area contributed by atoms with Crippen molar-refractivity contribution in [3.05, 3.63) is 81.8 Å². The molecule has 0 bridgehead atoms. The number of carbonyl (C=O) groups is 1. The molecular formula is C21H20N6OS2. The van der Waals surface area contributed by atoms with E-state index in [2.05, 4.69) is 49.1 Å². The molecule has 0 aliphatic carbocycles. The van der Waals surface area contributed by atoms with Crippen molar-refractivity contribution in [3.63, 3.8) is 0 Å². The van der Waals surface area contributed by atoms with E-state index in [-0.39, 0.29) is 5.91 Å². The first-order valence-electron chi connectivity index (χ1n) is 9.34. The average Bonchev–Trinajstić information content (AvgIpc) is 3.38. The van der Waals surface area contributed by atoms with Crippen LogP contribution in [0.2, 0.25) is 0 Å². The molecule has 0 unspecified atom stereocenters. The van der Waals surface area contributed by atoms with Crippen molar-refractivity contribution in [1.29, 1.82) is 0 Å². The summed E-state index contributed by atoms with van der Waals surface area (Å²) in [5.41, 5.74) is 3.65. The summed E-state index contributed by atoms with van der Waals surface area (Å²) in [7, 11) is 0. The maximum atomic E-state index is 12.4. The van der Waals surface area contributed by atoms with Crippen LogP contribution in [0.5, 0.6) is 0 Å². The number of carbonyl (C=O) groups excluding carboxylic acids is 1. The largest absolute Gasteiger partial charge is 0.347 e. The fourth-order valence-corrected chi connectivity index (χ4v) is 4.69. The number of aromatic nitrogens is 5. The maximum Gasteiger partial charge on any atom is 0.271 e. The van der Waals surface area contributed by atoms with Gasteiger partial charge in [-0.1, -0.05) is 30.0 Å². The van der Waals surface area contributed by atoms with Gasteiger partial charge in [-0.05, 0) is 43.2 Å². The van der Waals surface area contributed by atoms with E-state index in [9.17, 15) is 4.79 Å². The lowest BCUT2D eigenvalue weighted by Crippen LogP contribution is -2.23. The van der Waals surface area contributed by atoms with Gasteiger partial charge in [0, 0.05) is 24.3 Å². The number of hydrogen-bond acceptors (Lipinski definition) is 7. The molecule has 0 fully saturated rings. The van der Waals surface area contributed by atoms with Crippen molar-refractivity contribution in [2.24, 2.45) is 0 Å². The normalized spacial score (nSPS) is 10.9. The zero-order chi connectivity index (χ0) is 20.9. The number of nitrogens with zero attached hydrogens (tertiary/aromatic N) is 5. The third kappa shape index (κ3) is 4.58. The van der Waals surface area contributed by atoms with Crippen molar-refractivity contribution in [1.82, 2.24) is 30.0 Å². The van der Waals surface area contributed by atoms with Gasteiger partial charge in [0.15, 0.2) is 5.16 Å². The number of thiazole rings is 1. The second-order valence-electron chi connectivity index (χ2n) is 6.60. The topological polar surface area (TPSA) is 85.6 Å². The van der Waals surface area contributed by atoms with E-state index in [1.54, 1.807) is 29.5 Å². The van der Waals surface area contributed by atoms with Gasteiger partial charge in [0.1, 0.15) is 16.5 Å². The smallest absolute Gasteiger partial charge is 0.271 e. The molecule has 1 aromatic carbocycles. The Morgan fingerprint density at radius 1 is 1.13 bits per heavy atom. The molecule has 7 nitrogen and oxygen atoms in total. The summed E-state index contributed by atoms with van der Waals surface area (Å²) < 4.78 is 2.05. The summed E-state index contributed by atoms with van der Waals surface area (Å²) in [6.07, 6.45) is 3.41. The number of benzene rings is 1. The summed E-state index contributed by atoms with van der Waals surface area (Å²) in [4.78, 5) is 20.8. The molecule has 9 heteroatoms. The van der Waals surface area contributed by atoms with Crippen LogP contribution in [0, 0.1) is 13.8 Å². The zero-order valence-electron chi connectivity index (χ0n) is 16.6. The zero-order valence-corrected chi connectivity index (χ0v) is 18.2. The van der Waals surface area contributed by atoms with E-state index >= 15 is 0 Å². The first-order chi connectivity index (χ1) is 14.6. The van der Waals surface area contributed by atoms with Crippen LogP contribution in [0.25, 0.3) is 5.69 Å². The highest BCUT2D eigenvalue weighted by Gasteiger charge is 2.15. The minimum absolute atomic E-state index is 0.182. The second kappa shape index (κ2) is 9.19. The molecule has 0 saturated heterocycles. The van der Waals surface area contributed by atoms with E-state index in [0.29, 0.717) is 18.0 Å². The Kier molecular flexibility index (Phi) is 6.20. The first kappa shape index (κ1) is 20.2. The van der Waals surface area contributed by atoms with Crippen molar-refractivity contribution in [3.8, 4) is 5.69 Å². The third-order valence-electron chi connectivity index (χ3n) is 4.46. The van der Waals surface area contributed by atoms with E-state index < -0.39 is 0 Å². The lowest BCUT2D eigenvalue weighted by Gasteiger charge is -2.10. The fraction of sp³-hybridized carbons (Fsp3) is 0.190. The van der Waals surface area contributed by atoms with Crippen LogP contribution >= 0.6 is 23.1 Å². The Labute approximate surface area is 182 Å². The molecule has 0 aliphatic heterocycles. The summed E-state index contributed by atoms with van der Waals surface area (Å²) in [6.45, 7) is 4.46. The van der Waals surface area contributed by atoms with Gasteiger partial charge >= 0.3 is 0 Å². The van der Waals surface area contributed by atoms with Crippen LogP contribution in [0.1, 0.15) is 32.4 Å². The predicted octanol–water partition coefficient (Wildman–Crippen LogP) is 3.96. The van der Waals surface area contributed by atoms with Crippen LogP contribution in [0.4, 0.5) is 0 Å². The van der Waals surface area contributed by atoms with E-state index in [4.69, 9.17) is 0 Å². The van der Waals surface area contributed by atoms with Crippen molar-refractivity contribution < 1.29 is 4.79 Å². The Balaban J connectivity index is 1.41. The number of hydrogen-bond donors (Lipinski definition) is 1. The summed E-state index contributed by atoms with van der Waals surface area (Å²) in [6, 6.07) is 11.9. The van der Waals surface area contributed by atoms with Crippen molar-refractivity contribution >= 4 is 29.0 Å². The molecule has 4 aromatic rings. The monoisotopic (exact) mass is 436 g/mol.